The van der Waals surface area contributed by atoms with Gasteiger partial charge in [0, 0.05) is 56.4 Å². The maximum absolute atomic E-state index is 13.5. The van der Waals surface area contributed by atoms with Crippen LogP contribution >= 0.6 is 23.2 Å². The number of piperidine rings is 1. The number of rotatable bonds is 11. The van der Waals surface area contributed by atoms with Crippen molar-refractivity contribution in [3.8, 4) is 5.75 Å². The number of benzene rings is 1. The Hall–Kier alpha value is -3.39. The van der Waals surface area contributed by atoms with Crippen LogP contribution in [-0.2, 0) is 9.53 Å². The minimum atomic E-state index is -0.546. The summed E-state index contributed by atoms with van der Waals surface area (Å²) in [6.07, 6.45) is 2.50. The predicted octanol–water partition coefficient (Wildman–Crippen LogP) is 2.24. The van der Waals surface area contributed by atoms with E-state index in [1.807, 2.05) is 9.80 Å². The summed E-state index contributed by atoms with van der Waals surface area (Å²) in [5.41, 5.74) is 6.34. The van der Waals surface area contributed by atoms with E-state index < -0.39 is 11.9 Å². The number of carbonyl (C=O) groups excluding carboxylic acids is 3. The van der Waals surface area contributed by atoms with Gasteiger partial charge < -0.3 is 35.4 Å². The second-order valence-corrected chi connectivity index (χ2v) is 11.3. The van der Waals surface area contributed by atoms with E-state index in [1.54, 1.807) is 19.1 Å². The number of anilines is 2. The maximum atomic E-state index is 13.5. The summed E-state index contributed by atoms with van der Waals surface area (Å²) in [6.45, 7) is 6.85. The minimum Gasteiger partial charge on any atom is -0.481 e. The number of aromatic nitrogens is 2. The SMILES string of the molecule is CCOC(=O)COc1cc(Cl)ccc1C(=O)N1CCC(N2CCN(c3nc(N)c(C(=O)NCCO)nc3Cl)C[C@@H]2CC)CC1. The summed E-state index contributed by atoms with van der Waals surface area (Å²) in [5, 5.41) is 12.0. The van der Waals surface area contributed by atoms with Crippen LogP contribution in [0.3, 0.4) is 0 Å². The summed E-state index contributed by atoms with van der Waals surface area (Å²) in [6, 6.07) is 5.30. The van der Waals surface area contributed by atoms with E-state index in [0.717, 1.165) is 25.8 Å². The van der Waals surface area contributed by atoms with Crippen LogP contribution in [0.4, 0.5) is 11.6 Å². The molecule has 0 unspecified atom stereocenters. The average Bonchev–Trinajstić information content (AvgIpc) is 3.03. The van der Waals surface area contributed by atoms with Crippen LogP contribution in [0.5, 0.6) is 5.75 Å². The minimum absolute atomic E-state index is 0.0255. The maximum Gasteiger partial charge on any atom is 0.344 e. The van der Waals surface area contributed by atoms with Crippen LogP contribution in [0.15, 0.2) is 18.2 Å². The average molecular weight is 653 g/mol. The van der Waals surface area contributed by atoms with Gasteiger partial charge in [-0.05, 0) is 44.4 Å². The number of nitrogens with one attached hydrogen (secondary N) is 1. The van der Waals surface area contributed by atoms with Gasteiger partial charge in [-0.1, -0.05) is 30.1 Å². The first kappa shape index (κ1) is 33.5. The third-order valence-electron chi connectivity index (χ3n) is 7.82. The zero-order valence-electron chi connectivity index (χ0n) is 24.9. The Balaban J connectivity index is 1.37. The van der Waals surface area contributed by atoms with E-state index in [2.05, 4.69) is 27.1 Å². The highest BCUT2D eigenvalue weighted by Crippen LogP contribution is 2.31. The standard InChI is InChI=1S/C29H39Cl2N7O6/c1-3-19-16-37(27-25(31)34-24(26(32)35-27)28(41)33-9-14-39)12-13-38(19)20-7-10-36(11-8-20)29(42)21-6-5-18(30)15-22(21)44-17-23(40)43-4-2/h5-6,15,19-20,39H,3-4,7-14,16-17H2,1-2H3,(H2,32,35)(H,33,41)/t19-/m0/s1. The normalized spacial score (nSPS) is 17.8. The highest BCUT2D eigenvalue weighted by Gasteiger charge is 2.36. The molecule has 13 nitrogen and oxygen atoms in total. The molecule has 4 N–H and O–H groups in total. The Labute approximate surface area is 266 Å². The molecule has 1 atom stereocenters. The third-order valence-corrected chi connectivity index (χ3v) is 8.31. The fourth-order valence-corrected chi connectivity index (χ4v) is 6.06. The molecule has 2 saturated heterocycles. The fraction of sp³-hybridized carbons (Fsp3) is 0.552. The van der Waals surface area contributed by atoms with E-state index in [1.165, 1.54) is 6.07 Å². The van der Waals surface area contributed by atoms with Crippen molar-refractivity contribution in [2.45, 2.75) is 45.2 Å². The predicted molar refractivity (Wildman–Crippen MR) is 166 cm³/mol. The van der Waals surface area contributed by atoms with Crippen molar-refractivity contribution in [3.05, 3.63) is 39.6 Å². The molecule has 0 bridgehead atoms. The van der Waals surface area contributed by atoms with Crippen LogP contribution in [0.2, 0.25) is 10.2 Å². The monoisotopic (exact) mass is 651 g/mol. The lowest BCUT2D eigenvalue weighted by atomic mass is 9.97. The third kappa shape index (κ3) is 8.00. The summed E-state index contributed by atoms with van der Waals surface area (Å²) in [5.74, 6) is -0.576. The largest absolute Gasteiger partial charge is 0.481 e. The number of likely N-dealkylation sites (tertiary alicyclic amines) is 1. The number of carbonyl (C=O) groups is 3. The molecule has 2 fully saturated rings. The molecule has 0 aliphatic carbocycles. The number of halogens is 2. The first-order chi connectivity index (χ1) is 21.2. The number of nitrogens with zero attached hydrogens (tertiary/aromatic N) is 5. The van der Waals surface area contributed by atoms with Crippen molar-refractivity contribution < 1.29 is 29.0 Å². The Morgan fingerprint density at radius 2 is 1.86 bits per heavy atom. The second-order valence-electron chi connectivity index (χ2n) is 10.6. The highest BCUT2D eigenvalue weighted by molar-refractivity contribution is 6.32. The number of ether oxygens (including phenoxy) is 2. The van der Waals surface area contributed by atoms with Gasteiger partial charge in [0.15, 0.2) is 29.1 Å². The number of hydrogen-bond acceptors (Lipinski definition) is 11. The van der Waals surface area contributed by atoms with E-state index in [4.69, 9.17) is 43.5 Å². The number of aliphatic hydroxyl groups is 1. The van der Waals surface area contributed by atoms with Crippen LogP contribution in [0, 0.1) is 0 Å². The molecule has 2 aliphatic rings. The van der Waals surface area contributed by atoms with Gasteiger partial charge in [-0.3, -0.25) is 14.5 Å². The molecule has 3 heterocycles. The van der Waals surface area contributed by atoms with Crippen LogP contribution in [0.1, 0.15) is 54.0 Å². The van der Waals surface area contributed by atoms with E-state index in [-0.39, 0.29) is 60.7 Å². The van der Waals surface area contributed by atoms with Crippen molar-refractivity contribution in [2.24, 2.45) is 0 Å². The molecule has 0 saturated carbocycles. The summed E-state index contributed by atoms with van der Waals surface area (Å²) in [4.78, 5) is 52.5. The van der Waals surface area contributed by atoms with Crippen LogP contribution < -0.4 is 20.7 Å². The van der Waals surface area contributed by atoms with Gasteiger partial charge in [-0.2, -0.15) is 0 Å². The molecule has 4 rings (SSSR count). The first-order valence-corrected chi connectivity index (χ1v) is 15.5. The van der Waals surface area contributed by atoms with Gasteiger partial charge in [0.05, 0.1) is 18.8 Å². The van der Waals surface area contributed by atoms with Gasteiger partial charge in [-0.25, -0.2) is 14.8 Å². The first-order valence-electron chi connectivity index (χ1n) is 14.8. The number of nitrogen functional groups attached to an aromatic ring is 1. The number of amides is 2. The summed E-state index contributed by atoms with van der Waals surface area (Å²) < 4.78 is 10.5. The zero-order valence-corrected chi connectivity index (χ0v) is 26.4. The second kappa shape index (κ2) is 15.6. The zero-order chi connectivity index (χ0) is 31.8. The molecular formula is C29H39Cl2N7O6. The van der Waals surface area contributed by atoms with Gasteiger partial charge in [0.25, 0.3) is 11.8 Å². The van der Waals surface area contributed by atoms with Crippen molar-refractivity contribution in [1.29, 1.82) is 0 Å². The Morgan fingerprint density at radius 1 is 1.11 bits per heavy atom. The fourth-order valence-electron chi connectivity index (χ4n) is 5.65. The van der Waals surface area contributed by atoms with E-state index in [0.29, 0.717) is 48.6 Å². The smallest absolute Gasteiger partial charge is 0.344 e. The highest BCUT2D eigenvalue weighted by atomic mass is 35.5. The Kier molecular flexibility index (Phi) is 11.8. The molecule has 2 amide bonds. The van der Waals surface area contributed by atoms with E-state index in [9.17, 15) is 14.4 Å². The van der Waals surface area contributed by atoms with Gasteiger partial charge >= 0.3 is 5.97 Å². The molecule has 0 spiro atoms. The van der Waals surface area contributed by atoms with Crippen LogP contribution in [-0.4, -0.2) is 114 Å². The molecule has 0 radical (unpaired) electrons. The lowest BCUT2D eigenvalue weighted by Gasteiger charge is -2.47. The van der Waals surface area contributed by atoms with Crippen molar-refractivity contribution in [3.63, 3.8) is 0 Å². The molecule has 2 aliphatic heterocycles. The van der Waals surface area contributed by atoms with Crippen molar-refractivity contribution in [1.82, 2.24) is 25.1 Å². The van der Waals surface area contributed by atoms with Crippen molar-refractivity contribution >= 4 is 52.6 Å². The Morgan fingerprint density at radius 3 is 2.55 bits per heavy atom. The molecule has 15 heteroatoms. The number of esters is 1. The van der Waals surface area contributed by atoms with E-state index >= 15 is 0 Å². The number of aliphatic hydroxyl groups excluding tert-OH is 1. The van der Waals surface area contributed by atoms with Gasteiger partial charge in [-0.15, -0.1) is 0 Å². The topological polar surface area (TPSA) is 163 Å². The van der Waals surface area contributed by atoms with Gasteiger partial charge in [0.2, 0.25) is 0 Å². The lowest BCUT2D eigenvalue weighted by molar-refractivity contribution is -0.145. The summed E-state index contributed by atoms with van der Waals surface area (Å²) >= 11 is 12.6. The number of nitrogens with two attached hydrogens (primary N) is 1. The van der Waals surface area contributed by atoms with Crippen molar-refractivity contribution in [2.75, 3.05) is 69.7 Å². The van der Waals surface area contributed by atoms with Crippen LogP contribution in [0.25, 0.3) is 0 Å². The molecule has 1 aromatic heterocycles. The number of hydrogen-bond donors (Lipinski definition) is 3. The Bertz CT molecular complexity index is 1340. The number of piperazine rings is 1. The molecule has 44 heavy (non-hydrogen) atoms. The molecule has 240 valence electrons. The quantitative estimate of drug-likeness (QED) is 0.305. The molecule has 2 aromatic rings. The molecular weight excluding hydrogens is 613 g/mol. The summed E-state index contributed by atoms with van der Waals surface area (Å²) in [7, 11) is 0. The molecule has 1 aromatic carbocycles. The van der Waals surface area contributed by atoms with Gasteiger partial charge in [0.1, 0.15) is 5.75 Å². The lowest BCUT2D eigenvalue weighted by Crippen LogP contribution is -2.58.